The van der Waals surface area contributed by atoms with Gasteiger partial charge in [0.25, 0.3) is 0 Å². The van der Waals surface area contributed by atoms with Crippen LogP contribution >= 0.6 is 0 Å². The topological polar surface area (TPSA) is 56.7 Å². The predicted molar refractivity (Wildman–Crippen MR) is 76.8 cm³/mol. The lowest BCUT2D eigenvalue weighted by Gasteiger charge is -2.07. The Morgan fingerprint density at radius 1 is 1.16 bits per heavy atom. The van der Waals surface area contributed by atoms with Gasteiger partial charge in [-0.3, -0.25) is 4.98 Å². The molecule has 0 fully saturated rings. The Morgan fingerprint density at radius 3 is 2.74 bits per heavy atom. The molecule has 3 rings (SSSR count). The Kier molecular flexibility index (Phi) is 2.91. The third-order valence-corrected chi connectivity index (χ3v) is 3.34. The lowest BCUT2D eigenvalue weighted by atomic mass is 10.2. The molecule has 0 bridgehead atoms. The number of anilines is 1. The average Bonchev–Trinajstić information content (AvgIpc) is 2.72. The second-order valence-electron chi connectivity index (χ2n) is 4.66. The van der Waals surface area contributed by atoms with Gasteiger partial charge in [-0.2, -0.15) is 0 Å². The summed E-state index contributed by atoms with van der Waals surface area (Å²) in [5, 5.41) is 0. The van der Waals surface area contributed by atoms with E-state index in [0.717, 1.165) is 35.5 Å². The van der Waals surface area contributed by atoms with Crippen LogP contribution < -0.4 is 5.73 Å². The lowest BCUT2D eigenvalue weighted by Crippen LogP contribution is -2.03. The van der Waals surface area contributed by atoms with E-state index in [-0.39, 0.29) is 0 Å². The summed E-state index contributed by atoms with van der Waals surface area (Å²) < 4.78 is 2.23. The molecule has 3 aromatic rings. The minimum atomic E-state index is 0.756. The van der Waals surface area contributed by atoms with Crippen molar-refractivity contribution in [2.45, 2.75) is 19.9 Å². The quantitative estimate of drug-likeness (QED) is 0.729. The number of aromatic nitrogens is 3. The van der Waals surface area contributed by atoms with Crippen LogP contribution in [0.1, 0.15) is 11.4 Å². The van der Waals surface area contributed by atoms with Gasteiger partial charge < -0.3 is 10.3 Å². The molecule has 1 aromatic carbocycles. The molecule has 0 atom stereocenters. The van der Waals surface area contributed by atoms with Gasteiger partial charge in [0.05, 0.1) is 11.0 Å². The SMILES string of the molecule is Cc1nc2cc(N)ccc2n1CCc1ccncc1. The van der Waals surface area contributed by atoms with Crippen LogP contribution in [0.15, 0.2) is 42.7 Å². The number of rotatable bonds is 3. The van der Waals surface area contributed by atoms with Gasteiger partial charge in [-0.05, 0) is 49.2 Å². The minimum Gasteiger partial charge on any atom is -0.399 e. The molecule has 19 heavy (non-hydrogen) atoms. The summed E-state index contributed by atoms with van der Waals surface area (Å²) in [7, 11) is 0. The molecule has 0 amide bonds. The highest BCUT2D eigenvalue weighted by Gasteiger charge is 2.07. The number of pyridine rings is 1. The van der Waals surface area contributed by atoms with Crippen LogP contribution in [0.5, 0.6) is 0 Å². The van der Waals surface area contributed by atoms with Crippen molar-refractivity contribution >= 4 is 16.7 Å². The summed E-state index contributed by atoms with van der Waals surface area (Å²) in [5.41, 5.74) is 9.94. The first-order chi connectivity index (χ1) is 9.24. The molecule has 2 aromatic heterocycles. The number of nitrogen functional groups attached to an aromatic ring is 1. The van der Waals surface area contributed by atoms with Crippen LogP contribution in [0.3, 0.4) is 0 Å². The molecule has 4 nitrogen and oxygen atoms in total. The zero-order chi connectivity index (χ0) is 13.2. The van der Waals surface area contributed by atoms with E-state index in [0.29, 0.717) is 0 Å². The van der Waals surface area contributed by atoms with Gasteiger partial charge in [-0.1, -0.05) is 0 Å². The standard InChI is InChI=1S/C15H16N4/c1-11-18-14-10-13(16)2-3-15(14)19(11)9-6-12-4-7-17-8-5-12/h2-5,7-8,10H,6,9,16H2,1H3. The second kappa shape index (κ2) is 4.72. The van der Waals surface area contributed by atoms with Gasteiger partial charge in [0, 0.05) is 24.6 Å². The molecule has 0 aliphatic carbocycles. The molecule has 2 N–H and O–H groups in total. The van der Waals surface area contributed by atoms with Crippen molar-refractivity contribution in [2.75, 3.05) is 5.73 Å². The third-order valence-electron chi connectivity index (χ3n) is 3.34. The summed E-state index contributed by atoms with van der Waals surface area (Å²) in [4.78, 5) is 8.59. The van der Waals surface area contributed by atoms with Crippen molar-refractivity contribution < 1.29 is 0 Å². The van der Waals surface area contributed by atoms with Crippen molar-refractivity contribution in [3.05, 3.63) is 54.1 Å². The Morgan fingerprint density at radius 2 is 1.95 bits per heavy atom. The fourth-order valence-corrected chi connectivity index (χ4v) is 2.34. The van der Waals surface area contributed by atoms with Gasteiger partial charge >= 0.3 is 0 Å². The molecule has 4 heteroatoms. The molecule has 0 spiro atoms. The van der Waals surface area contributed by atoms with Crippen LogP contribution in [0.4, 0.5) is 5.69 Å². The molecule has 0 radical (unpaired) electrons. The van der Waals surface area contributed by atoms with E-state index in [9.17, 15) is 0 Å². The number of nitrogens with zero attached hydrogens (tertiary/aromatic N) is 3. The van der Waals surface area contributed by atoms with Gasteiger partial charge in [0.1, 0.15) is 5.82 Å². The summed E-state index contributed by atoms with van der Waals surface area (Å²) >= 11 is 0. The van der Waals surface area contributed by atoms with E-state index >= 15 is 0 Å². The highest BCUT2D eigenvalue weighted by atomic mass is 15.1. The summed E-state index contributed by atoms with van der Waals surface area (Å²) in [6.07, 6.45) is 4.63. The molecule has 0 aliphatic heterocycles. The number of hydrogen-bond donors (Lipinski definition) is 1. The van der Waals surface area contributed by atoms with Gasteiger partial charge in [-0.15, -0.1) is 0 Å². The average molecular weight is 252 g/mol. The van der Waals surface area contributed by atoms with E-state index < -0.39 is 0 Å². The highest BCUT2D eigenvalue weighted by molar-refractivity contribution is 5.79. The Bertz CT molecular complexity index is 701. The van der Waals surface area contributed by atoms with E-state index in [1.807, 2.05) is 49.6 Å². The molecule has 2 heterocycles. The molecule has 0 aliphatic rings. The normalized spacial score (nSPS) is 11.0. The van der Waals surface area contributed by atoms with Crippen LogP contribution in [0.2, 0.25) is 0 Å². The minimum absolute atomic E-state index is 0.756. The highest BCUT2D eigenvalue weighted by Crippen LogP contribution is 2.19. The first-order valence-electron chi connectivity index (χ1n) is 6.35. The Labute approximate surface area is 111 Å². The van der Waals surface area contributed by atoms with Gasteiger partial charge in [-0.25, -0.2) is 4.98 Å². The first kappa shape index (κ1) is 11.7. The number of benzene rings is 1. The van der Waals surface area contributed by atoms with E-state index in [2.05, 4.69) is 14.5 Å². The van der Waals surface area contributed by atoms with Crippen molar-refractivity contribution in [1.29, 1.82) is 0 Å². The Hall–Kier alpha value is -2.36. The summed E-state index contributed by atoms with van der Waals surface area (Å²) in [6.45, 7) is 2.94. The van der Waals surface area contributed by atoms with Crippen LogP contribution in [-0.4, -0.2) is 14.5 Å². The van der Waals surface area contributed by atoms with Gasteiger partial charge in [0.15, 0.2) is 0 Å². The smallest absolute Gasteiger partial charge is 0.106 e. The lowest BCUT2D eigenvalue weighted by molar-refractivity contribution is 0.692. The summed E-state index contributed by atoms with van der Waals surface area (Å²) in [6, 6.07) is 9.98. The first-order valence-corrected chi connectivity index (χ1v) is 6.35. The molecular weight excluding hydrogens is 236 g/mol. The predicted octanol–water partition coefficient (Wildman–Crippen LogP) is 2.56. The maximum atomic E-state index is 5.79. The maximum absolute atomic E-state index is 5.79. The van der Waals surface area contributed by atoms with Crippen LogP contribution in [0.25, 0.3) is 11.0 Å². The van der Waals surface area contributed by atoms with Gasteiger partial charge in [0.2, 0.25) is 0 Å². The van der Waals surface area contributed by atoms with E-state index in [1.165, 1.54) is 5.56 Å². The van der Waals surface area contributed by atoms with Crippen molar-refractivity contribution in [3.63, 3.8) is 0 Å². The third kappa shape index (κ3) is 2.29. The monoisotopic (exact) mass is 252 g/mol. The Balaban J connectivity index is 1.90. The molecule has 0 unspecified atom stereocenters. The molecule has 96 valence electrons. The van der Waals surface area contributed by atoms with Crippen molar-refractivity contribution in [1.82, 2.24) is 14.5 Å². The fraction of sp³-hybridized carbons (Fsp3) is 0.200. The van der Waals surface area contributed by atoms with E-state index in [4.69, 9.17) is 5.73 Å². The van der Waals surface area contributed by atoms with Crippen molar-refractivity contribution in [2.24, 2.45) is 0 Å². The fourth-order valence-electron chi connectivity index (χ4n) is 2.34. The molecule has 0 saturated heterocycles. The van der Waals surface area contributed by atoms with Crippen LogP contribution in [-0.2, 0) is 13.0 Å². The molecular formula is C15H16N4. The maximum Gasteiger partial charge on any atom is 0.106 e. The molecule has 0 saturated carbocycles. The second-order valence-corrected chi connectivity index (χ2v) is 4.66. The van der Waals surface area contributed by atoms with Crippen molar-refractivity contribution in [3.8, 4) is 0 Å². The number of aryl methyl sites for hydroxylation is 3. The zero-order valence-corrected chi connectivity index (χ0v) is 10.9. The zero-order valence-electron chi connectivity index (χ0n) is 10.9. The number of hydrogen-bond acceptors (Lipinski definition) is 3. The number of imidazole rings is 1. The van der Waals surface area contributed by atoms with E-state index in [1.54, 1.807) is 0 Å². The largest absolute Gasteiger partial charge is 0.399 e. The number of nitrogens with two attached hydrogens (primary N) is 1. The summed E-state index contributed by atoms with van der Waals surface area (Å²) in [5.74, 6) is 1.02. The number of fused-ring (bicyclic) bond motifs is 1. The van der Waals surface area contributed by atoms with Crippen LogP contribution in [0, 0.1) is 6.92 Å².